The minimum atomic E-state index is -3.70. The second-order valence-electron chi connectivity index (χ2n) is 6.84. The summed E-state index contributed by atoms with van der Waals surface area (Å²) in [5, 5.41) is 2.71. The van der Waals surface area contributed by atoms with Crippen molar-refractivity contribution in [1.82, 2.24) is 0 Å². The van der Waals surface area contributed by atoms with Crippen molar-refractivity contribution in [1.29, 1.82) is 0 Å². The van der Waals surface area contributed by atoms with Crippen molar-refractivity contribution in [2.45, 2.75) is 20.0 Å². The number of nitrogens with one attached hydrogen (secondary N) is 1. The molecule has 0 bridgehead atoms. The van der Waals surface area contributed by atoms with Gasteiger partial charge in [-0.15, -0.1) is 0 Å². The van der Waals surface area contributed by atoms with Crippen molar-refractivity contribution < 1.29 is 27.4 Å². The summed E-state index contributed by atoms with van der Waals surface area (Å²) in [5.41, 5.74) is 0.840. The lowest BCUT2D eigenvalue weighted by Gasteiger charge is -2.24. The van der Waals surface area contributed by atoms with Gasteiger partial charge in [0.05, 0.1) is 18.0 Å². The van der Waals surface area contributed by atoms with Crippen LogP contribution >= 0.6 is 0 Å². The smallest absolute Gasteiger partial charge is 0.245 e. The fourth-order valence-corrected chi connectivity index (χ4v) is 3.69. The van der Waals surface area contributed by atoms with Crippen LogP contribution in [0.3, 0.4) is 0 Å². The molecule has 0 fully saturated rings. The lowest BCUT2D eigenvalue weighted by Crippen LogP contribution is -2.37. The Morgan fingerprint density at radius 2 is 1.86 bits per heavy atom. The van der Waals surface area contributed by atoms with Gasteiger partial charge in [0.25, 0.3) is 0 Å². The quantitative estimate of drug-likeness (QED) is 0.740. The van der Waals surface area contributed by atoms with Gasteiger partial charge in [0.15, 0.2) is 11.5 Å². The summed E-state index contributed by atoms with van der Waals surface area (Å²) in [6.45, 7) is 4.24. The molecular weight excluding hydrogens is 396 g/mol. The molecule has 156 valence electrons. The maximum Gasteiger partial charge on any atom is 0.245 e. The molecule has 0 atom stereocenters. The molecular formula is C20H24N2O6S. The van der Waals surface area contributed by atoms with Gasteiger partial charge in [-0.2, -0.15) is 0 Å². The molecule has 0 aliphatic carbocycles. The number of nitrogens with zero attached hydrogens (tertiary/aromatic N) is 1. The molecule has 0 aromatic heterocycles. The van der Waals surface area contributed by atoms with E-state index in [0.717, 1.165) is 10.6 Å². The Bertz CT molecular complexity index is 990. The van der Waals surface area contributed by atoms with Crippen LogP contribution in [0.15, 0.2) is 42.5 Å². The van der Waals surface area contributed by atoms with Crippen LogP contribution in [0.4, 0.5) is 11.4 Å². The highest BCUT2D eigenvalue weighted by atomic mass is 32.2. The zero-order valence-electron chi connectivity index (χ0n) is 16.5. The highest BCUT2D eigenvalue weighted by Crippen LogP contribution is 2.34. The van der Waals surface area contributed by atoms with Crippen molar-refractivity contribution >= 4 is 27.3 Å². The van der Waals surface area contributed by atoms with Gasteiger partial charge in [0.1, 0.15) is 25.5 Å². The minimum Gasteiger partial charge on any atom is -0.491 e. The van der Waals surface area contributed by atoms with Crippen LogP contribution in [0.5, 0.6) is 17.2 Å². The number of ether oxygens (including phenoxy) is 3. The molecule has 2 aromatic rings. The molecule has 0 unspecified atom stereocenters. The monoisotopic (exact) mass is 420 g/mol. The molecule has 0 radical (unpaired) electrons. The highest BCUT2D eigenvalue weighted by Gasteiger charge is 2.23. The van der Waals surface area contributed by atoms with E-state index >= 15 is 0 Å². The van der Waals surface area contributed by atoms with Crippen LogP contribution in [-0.2, 0) is 14.8 Å². The Hall–Kier alpha value is -2.94. The largest absolute Gasteiger partial charge is 0.491 e. The van der Waals surface area contributed by atoms with Crippen LogP contribution < -0.4 is 23.8 Å². The lowest BCUT2D eigenvalue weighted by atomic mass is 10.2. The van der Waals surface area contributed by atoms with E-state index in [1.807, 2.05) is 13.8 Å². The van der Waals surface area contributed by atoms with Gasteiger partial charge < -0.3 is 19.5 Å². The molecule has 1 N–H and O–H groups in total. The third-order valence-corrected chi connectivity index (χ3v) is 5.13. The molecule has 8 nitrogen and oxygen atoms in total. The summed E-state index contributed by atoms with van der Waals surface area (Å²) >= 11 is 0. The number of benzene rings is 2. The normalized spacial score (nSPS) is 13.1. The van der Waals surface area contributed by atoms with E-state index in [1.165, 1.54) is 0 Å². The molecule has 9 heteroatoms. The predicted molar refractivity (Wildman–Crippen MR) is 110 cm³/mol. The topological polar surface area (TPSA) is 94.2 Å². The number of fused-ring (bicyclic) bond motifs is 1. The number of carbonyl (C=O) groups is 1. The van der Waals surface area contributed by atoms with Crippen molar-refractivity contribution in [3.63, 3.8) is 0 Å². The molecule has 1 amide bonds. The van der Waals surface area contributed by atoms with Crippen LogP contribution in [0.1, 0.15) is 13.8 Å². The molecule has 0 spiro atoms. The minimum absolute atomic E-state index is 0.00288. The van der Waals surface area contributed by atoms with Crippen molar-refractivity contribution in [2.24, 2.45) is 0 Å². The van der Waals surface area contributed by atoms with Crippen LogP contribution in [0.25, 0.3) is 0 Å². The third kappa shape index (κ3) is 5.54. The molecule has 3 rings (SSSR count). The van der Waals surface area contributed by atoms with Crippen molar-refractivity contribution in [3.8, 4) is 17.2 Å². The summed E-state index contributed by atoms with van der Waals surface area (Å²) in [7, 11) is -3.70. The summed E-state index contributed by atoms with van der Waals surface area (Å²) in [5.74, 6) is 1.12. The Labute approximate surface area is 170 Å². The Balaban J connectivity index is 1.77. The van der Waals surface area contributed by atoms with Gasteiger partial charge in [-0.25, -0.2) is 8.42 Å². The summed E-state index contributed by atoms with van der Waals surface area (Å²) < 4.78 is 42.2. The third-order valence-electron chi connectivity index (χ3n) is 3.99. The molecule has 1 aliphatic rings. The Morgan fingerprint density at radius 3 is 2.55 bits per heavy atom. The van der Waals surface area contributed by atoms with E-state index in [0.29, 0.717) is 41.8 Å². The number of amides is 1. The summed E-state index contributed by atoms with van der Waals surface area (Å²) in [6.07, 6.45) is 1.05. The summed E-state index contributed by atoms with van der Waals surface area (Å²) in [6, 6.07) is 11.7. The lowest BCUT2D eigenvalue weighted by molar-refractivity contribution is -0.114. The van der Waals surface area contributed by atoms with E-state index in [4.69, 9.17) is 14.2 Å². The molecule has 29 heavy (non-hydrogen) atoms. The van der Waals surface area contributed by atoms with E-state index in [2.05, 4.69) is 5.32 Å². The molecule has 2 aromatic carbocycles. The zero-order chi connectivity index (χ0) is 21.0. The van der Waals surface area contributed by atoms with Crippen molar-refractivity contribution in [3.05, 3.63) is 42.5 Å². The number of sulfonamides is 1. The fraction of sp³-hybridized carbons (Fsp3) is 0.350. The average Bonchev–Trinajstić information content (AvgIpc) is 2.64. The maximum atomic E-state index is 12.6. The average molecular weight is 420 g/mol. The predicted octanol–water partition coefficient (Wildman–Crippen LogP) is 2.65. The maximum absolute atomic E-state index is 12.6. The Kier molecular flexibility index (Phi) is 6.17. The van der Waals surface area contributed by atoms with Crippen LogP contribution in [0, 0.1) is 0 Å². The van der Waals surface area contributed by atoms with Gasteiger partial charge >= 0.3 is 0 Å². The first-order valence-corrected chi connectivity index (χ1v) is 11.0. The standard InChI is InChI=1S/C20H24N2O6S/c1-14(2)28-17-6-4-5-15(11-17)21-20(23)13-22(29(3,24)25)16-7-8-18-19(12-16)27-10-9-26-18/h4-8,11-12,14H,9-10,13H2,1-3H3,(H,21,23). The number of rotatable bonds is 7. The first-order chi connectivity index (χ1) is 13.7. The second kappa shape index (κ2) is 8.60. The molecule has 1 aliphatic heterocycles. The van der Waals surface area contributed by atoms with Gasteiger partial charge in [-0.05, 0) is 38.1 Å². The number of anilines is 2. The van der Waals surface area contributed by atoms with Gasteiger partial charge in [-0.3, -0.25) is 9.10 Å². The van der Waals surface area contributed by atoms with E-state index < -0.39 is 15.9 Å². The Morgan fingerprint density at radius 1 is 1.14 bits per heavy atom. The summed E-state index contributed by atoms with van der Waals surface area (Å²) in [4.78, 5) is 12.6. The van der Waals surface area contributed by atoms with Crippen LogP contribution in [-0.4, -0.2) is 46.4 Å². The fourth-order valence-electron chi connectivity index (χ4n) is 2.84. The van der Waals surface area contributed by atoms with E-state index in [9.17, 15) is 13.2 Å². The molecule has 1 heterocycles. The van der Waals surface area contributed by atoms with Gasteiger partial charge in [0, 0.05) is 17.8 Å². The second-order valence-corrected chi connectivity index (χ2v) is 8.75. The molecule has 0 saturated carbocycles. The van der Waals surface area contributed by atoms with E-state index in [1.54, 1.807) is 42.5 Å². The first-order valence-electron chi connectivity index (χ1n) is 9.16. The van der Waals surface area contributed by atoms with Gasteiger partial charge in [0.2, 0.25) is 15.9 Å². The number of hydrogen-bond donors (Lipinski definition) is 1. The first kappa shape index (κ1) is 20.8. The zero-order valence-corrected chi connectivity index (χ0v) is 17.4. The van der Waals surface area contributed by atoms with Crippen LogP contribution in [0.2, 0.25) is 0 Å². The highest BCUT2D eigenvalue weighted by molar-refractivity contribution is 7.92. The molecule has 0 saturated heterocycles. The number of carbonyl (C=O) groups excluding carboxylic acids is 1. The SMILES string of the molecule is CC(C)Oc1cccc(NC(=O)CN(c2ccc3c(c2)OCCO3)S(C)(=O)=O)c1. The van der Waals surface area contributed by atoms with Gasteiger partial charge in [-0.1, -0.05) is 6.07 Å². The van der Waals surface area contributed by atoms with Crippen molar-refractivity contribution in [2.75, 3.05) is 35.6 Å². The number of hydrogen-bond acceptors (Lipinski definition) is 6. The van der Waals surface area contributed by atoms with E-state index in [-0.39, 0.29) is 12.6 Å².